The van der Waals surface area contributed by atoms with E-state index in [4.69, 9.17) is 0 Å². The Morgan fingerprint density at radius 1 is 0.938 bits per heavy atom. The Balaban J connectivity index is 2.09. The molecule has 164 valence electrons. The summed E-state index contributed by atoms with van der Waals surface area (Å²) in [5, 5.41) is 2.36. The van der Waals surface area contributed by atoms with Gasteiger partial charge in [-0.15, -0.1) is 0 Å². The molecule has 3 aromatic rings. The molecule has 0 spiro atoms. The number of nitrogens with zero attached hydrogens (tertiary/aromatic N) is 1. The fraction of sp³-hybridized carbons (Fsp3) is 0.200. The van der Waals surface area contributed by atoms with Gasteiger partial charge in [-0.2, -0.15) is 0 Å². The van der Waals surface area contributed by atoms with Crippen molar-refractivity contribution in [3.63, 3.8) is 0 Å². The quantitative estimate of drug-likeness (QED) is 0.406. The molecule has 1 N–H and O–H groups in total. The third-order valence-corrected chi connectivity index (χ3v) is 5.07. The molecule has 3 rings (SSSR count). The van der Waals surface area contributed by atoms with Crippen molar-refractivity contribution in [2.75, 3.05) is 5.32 Å². The molecule has 0 bridgehead atoms. The van der Waals surface area contributed by atoms with Crippen LogP contribution in [0.1, 0.15) is 35.7 Å². The third kappa shape index (κ3) is 5.11. The van der Waals surface area contributed by atoms with Gasteiger partial charge in [-0.1, -0.05) is 44.2 Å². The van der Waals surface area contributed by atoms with E-state index in [-0.39, 0.29) is 11.3 Å². The summed E-state index contributed by atoms with van der Waals surface area (Å²) in [5.74, 6) is -6.73. The molecule has 0 saturated carbocycles. The first-order chi connectivity index (χ1) is 15.3. The molecular weight excluding hydrogens is 414 g/mol. The molecule has 0 radical (unpaired) electrons. The zero-order valence-electron chi connectivity index (χ0n) is 17.6. The van der Waals surface area contributed by atoms with E-state index in [1.807, 2.05) is 0 Å². The number of rotatable bonds is 8. The third-order valence-electron chi connectivity index (χ3n) is 5.07. The average Bonchev–Trinajstić information content (AvgIpc) is 2.79. The van der Waals surface area contributed by atoms with Gasteiger partial charge in [0.25, 0.3) is 0 Å². The van der Waals surface area contributed by atoms with Crippen LogP contribution in [0.4, 0.5) is 14.5 Å². The number of halogens is 2. The van der Waals surface area contributed by atoms with Crippen LogP contribution < -0.4 is 5.32 Å². The van der Waals surface area contributed by atoms with Gasteiger partial charge in [0.1, 0.15) is 23.3 Å². The van der Waals surface area contributed by atoms with Crippen LogP contribution in [0.2, 0.25) is 0 Å². The Bertz CT molecular complexity index is 1120. The van der Waals surface area contributed by atoms with Crippen molar-refractivity contribution in [1.29, 1.82) is 0 Å². The van der Waals surface area contributed by atoms with Crippen LogP contribution >= 0.6 is 0 Å². The van der Waals surface area contributed by atoms with Crippen molar-refractivity contribution < 1.29 is 23.2 Å². The Kier molecular flexibility index (Phi) is 7.20. The standard InChI is InChI=1S/C25H22F2N2O3/c1-15(2)23(30)22(25(32)29-20-11-10-18(26)13-19(20)27)21(16-7-4-3-5-8-16)24(31)17-9-6-12-28-14-17/h3-15,21-22H,1-2H3,(H,29,32). The van der Waals surface area contributed by atoms with Crippen molar-refractivity contribution in [2.24, 2.45) is 11.8 Å². The van der Waals surface area contributed by atoms with E-state index in [9.17, 15) is 23.2 Å². The Morgan fingerprint density at radius 3 is 2.25 bits per heavy atom. The van der Waals surface area contributed by atoms with E-state index in [2.05, 4.69) is 10.3 Å². The van der Waals surface area contributed by atoms with Crippen LogP contribution in [0.3, 0.4) is 0 Å². The van der Waals surface area contributed by atoms with Crippen LogP contribution in [0.15, 0.2) is 73.1 Å². The average molecular weight is 436 g/mol. The second-order valence-electron chi connectivity index (χ2n) is 7.64. The maximum atomic E-state index is 14.2. The predicted molar refractivity (Wildman–Crippen MR) is 116 cm³/mol. The number of ketones is 2. The number of Topliss-reactive ketones (excluding diaryl/α,β-unsaturated/α-hetero) is 2. The minimum absolute atomic E-state index is 0.240. The number of hydrogen-bond acceptors (Lipinski definition) is 4. The molecule has 1 heterocycles. The van der Waals surface area contributed by atoms with Crippen LogP contribution in [0.25, 0.3) is 0 Å². The van der Waals surface area contributed by atoms with E-state index in [0.717, 1.165) is 12.1 Å². The Hall–Kier alpha value is -3.74. The number of carbonyl (C=O) groups excluding carboxylic acids is 3. The largest absolute Gasteiger partial charge is 0.323 e. The van der Waals surface area contributed by atoms with Gasteiger partial charge >= 0.3 is 0 Å². The molecule has 1 aromatic heterocycles. The van der Waals surface area contributed by atoms with Crippen molar-refractivity contribution in [3.05, 3.63) is 95.8 Å². The lowest BCUT2D eigenvalue weighted by Gasteiger charge is -2.26. The van der Waals surface area contributed by atoms with E-state index in [1.165, 1.54) is 12.4 Å². The van der Waals surface area contributed by atoms with Crippen molar-refractivity contribution in [1.82, 2.24) is 4.98 Å². The predicted octanol–water partition coefficient (Wildman–Crippen LogP) is 4.81. The summed E-state index contributed by atoms with van der Waals surface area (Å²) in [6, 6.07) is 14.3. The van der Waals surface area contributed by atoms with E-state index >= 15 is 0 Å². The highest BCUT2D eigenvalue weighted by atomic mass is 19.1. The molecule has 2 aromatic carbocycles. The summed E-state index contributed by atoms with van der Waals surface area (Å²) in [5.41, 5.74) is 0.428. The number of nitrogens with one attached hydrogen (secondary N) is 1. The maximum Gasteiger partial charge on any atom is 0.236 e. The molecule has 0 aliphatic heterocycles. The smallest absolute Gasteiger partial charge is 0.236 e. The Labute approximate surface area is 184 Å². The van der Waals surface area contributed by atoms with E-state index < -0.39 is 46.9 Å². The molecular formula is C25H22F2N2O3. The number of anilines is 1. The SMILES string of the molecule is CC(C)C(=O)C(C(=O)Nc1ccc(F)cc1F)C(C(=O)c1cccnc1)c1ccccc1. The summed E-state index contributed by atoms with van der Waals surface area (Å²) in [6.45, 7) is 3.25. The lowest BCUT2D eigenvalue weighted by Crippen LogP contribution is -2.40. The molecule has 1 amide bonds. The van der Waals surface area contributed by atoms with Gasteiger partial charge in [-0.05, 0) is 29.8 Å². The van der Waals surface area contributed by atoms with Crippen LogP contribution in [0, 0.1) is 23.5 Å². The fourth-order valence-electron chi connectivity index (χ4n) is 3.45. The second kappa shape index (κ2) is 10.0. The minimum atomic E-state index is -1.44. The van der Waals surface area contributed by atoms with Crippen LogP contribution in [-0.2, 0) is 9.59 Å². The highest BCUT2D eigenvalue weighted by Gasteiger charge is 2.41. The van der Waals surface area contributed by atoms with Gasteiger partial charge in [0.15, 0.2) is 5.78 Å². The van der Waals surface area contributed by atoms with Gasteiger partial charge in [0.2, 0.25) is 5.91 Å². The molecule has 5 nitrogen and oxygen atoms in total. The van der Waals surface area contributed by atoms with Gasteiger partial charge < -0.3 is 5.32 Å². The lowest BCUT2D eigenvalue weighted by atomic mass is 9.75. The first-order valence-electron chi connectivity index (χ1n) is 10.1. The fourth-order valence-corrected chi connectivity index (χ4v) is 3.45. The topological polar surface area (TPSA) is 76.1 Å². The zero-order chi connectivity index (χ0) is 23.3. The maximum absolute atomic E-state index is 14.2. The highest BCUT2D eigenvalue weighted by Crippen LogP contribution is 2.32. The summed E-state index contributed by atoms with van der Waals surface area (Å²) in [7, 11) is 0. The molecule has 2 unspecified atom stereocenters. The second-order valence-corrected chi connectivity index (χ2v) is 7.64. The molecule has 2 atom stereocenters. The normalized spacial score (nSPS) is 12.8. The first kappa shape index (κ1) is 22.9. The van der Waals surface area contributed by atoms with Crippen molar-refractivity contribution in [2.45, 2.75) is 19.8 Å². The van der Waals surface area contributed by atoms with Gasteiger partial charge in [0, 0.05) is 29.9 Å². The summed E-state index contributed by atoms with van der Waals surface area (Å²) in [4.78, 5) is 43.9. The summed E-state index contributed by atoms with van der Waals surface area (Å²) >= 11 is 0. The summed E-state index contributed by atoms with van der Waals surface area (Å²) < 4.78 is 27.4. The molecule has 0 fully saturated rings. The number of hydrogen-bond donors (Lipinski definition) is 1. The number of amides is 1. The molecule has 0 saturated heterocycles. The van der Waals surface area contributed by atoms with Crippen LogP contribution in [-0.4, -0.2) is 22.5 Å². The molecule has 7 heteroatoms. The first-order valence-corrected chi connectivity index (χ1v) is 10.1. The van der Waals surface area contributed by atoms with Gasteiger partial charge in [0.05, 0.1) is 11.6 Å². The summed E-state index contributed by atoms with van der Waals surface area (Å²) in [6.07, 6.45) is 2.88. The molecule has 32 heavy (non-hydrogen) atoms. The van der Waals surface area contributed by atoms with Crippen molar-refractivity contribution in [3.8, 4) is 0 Å². The van der Waals surface area contributed by atoms with Crippen molar-refractivity contribution >= 4 is 23.2 Å². The number of carbonyl (C=O) groups is 3. The van der Waals surface area contributed by atoms with Gasteiger partial charge in [-0.3, -0.25) is 19.4 Å². The zero-order valence-corrected chi connectivity index (χ0v) is 17.6. The van der Waals surface area contributed by atoms with Gasteiger partial charge in [-0.25, -0.2) is 8.78 Å². The monoisotopic (exact) mass is 436 g/mol. The number of aromatic nitrogens is 1. The van der Waals surface area contributed by atoms with Crippen LogP contribution in [0.5, 0.6) is 0 Å². The number of benzene rings is 2. The lowest BCUT2D eigenvalue weighted by molar-refractivity contribution is -0.133. The minimum Gasteiger partial charge on any atom is -0.323 e. The highest BCUT2D eigenvalue weighted by molar-refractivity contribution is 6.14. The molecule has 0 aliphatic carbocycles. The van der Waals surface area contributed by atoms with E-state index in [0.29, 0.717) is 11.6 Å². The molecule has 0 aliphatic rings. The number of pyridine rings is 1. The Morgan fingerprint density at radius 2 is 1.66 bits per heavy atom. The van der Waals surface area contributed by atoms with E-state index in [1.54, 1.807) is 56.3 Å².